The Hall–Kier alpha value is -2.97. The van der Waals surface area contributed by atoms with Crippen molar-refractivity contribution in [1.82, 2.24) is 19.5 Å². The highest BCUT2D eigenvalue weighted by Crippen LogP contribution is 2.27. The first-order chi connectivity index (χ1) is 13.8. The third-order valence-corrected chi connectivity index (χ3v) is 5.26. The van der Waals surface area contributed by atoms with E-state index >= 15 is 0 Å². The third kappa shape index (κ3) is 4.08. The Bertz CT molecular complexity index is 1090. The number of benzene rings is 1. The number of hydrogen-bond donors (Lipinski definition) is 0. The fourth-order valence-electron chi connectivity index (χ4n) is 3.70. The lowest BCUT2D eigenvalue weighted by molar-refractivity contribution is -0.141. The first kappa shape index (κ1) is 19.4. The Kier molecular flexibility index (Phi) is 4.97. The standard InChI is InChI=1S/C20H20F3N5O/c1-13-19(26-16-5-3-2-4-15(16)25-13)27-8-6-14(7-9-27)11-28-12-24-17(10-18(28)29)20(21,22)23/h2-5,10,12,14H,6-9,11H2,1H3. The molecule has 1 saturated heterocycles. The molecule has 1 aliphatic heterocycles. The number of halogens is 3. The number of aromatic nitrogens is 4. The van der Waals surface area contributed by atoms with Crippen LogP contribution in [0.1, 0.15) is 24.2 Å². The molecule has 0 spiro atoms. The second-order valence-corrected chi connectivity index (χ2v) is 7.31. The molecule has 2 aromatic heterocycles. The van der Waals surface area contributed by atoms with E-state index < -0.39 is 17.4 Å². The summed E-state index contributed by atoms with van der Waals surface area (Å²) >= 11 is 0. The molecule has 4 rings (SSSR count). The van der Waals surface area contributed by atoms with Crippen LogP contribution in [0.5, 0.6) is 0 Å². The smallest absolute Gasteiger partial charge is 0.355 e. The van der Waals surface area contributed by atoms with E-state index in [1.54, 1.807) is 0 Å². The van der Waals surface area contributed by atoms with Crippen LogP contribution in [0, 0.1) is 12.8 Å². The largest absolute Gasteiger partial charge is 0.433 e. The number of hydrogen-bond acceptors (Lipinski definition) is 5. The summed E-state index contributed by atoms with van der Waals surface area (Å²) in [5.41, 5.74) is 0.741. The molecule has 152 valence electrons. The van der Waals surface area contributed by atoms with Crippen LogP contribution in [0.3, 0.4) is 0 Å². The van der Waals surface area contributed by atoms with Crippen LogP contribution >= 0.6 is 0 Å². The van der Waals surface area contributed by atoms with Crippen molar-refractivity contribution in [2.24, 2.45) is 5.92 Å². The maximum absolute atomic E-state index is 12.7. The highest BCUT2D eigenvalue weighted by Gasteiger charge is 2.33. The van der Waals surface area contributed by atoms with Gasteiger partial charge in [-0.15, -0.1) is 0 Å². The van der Waals surface area contributed by atoms with Crippen molar-refractivity contribution in [3.63, 3.8) is 0 Å². The SMILES string of the molecule is Cc1nc2ccccc2nc1N1CCC(Cn2cnc(C(F)(F)F)cc2=O)CC1. The second kappa shape index (κ2) is 7.46. The van der Waals surface area contributed by atoms with Gasteiger partial charge in [-0.3, -0.25) is 9.36 Å². The van der Waals surface area contributed by atoms with E-state index in [2.05, 4.69) is 14.9 Å². The average Bonchev–Trinajstić information content (AvgIpc) is 2.69. The first-order valence-corrected chi connectivity index (χ1v) is 9.43. The van der Waals surface area contributed by atoms with E-state index in [-0.39, 0.29) is 5.92 Å². The fraction of sp³-hybridized carbons (Fsp3) is 0.400. The molecule has 3 heterocycles. The van der Waals surface area contributed by atoms with Gasteiger partial charge in [0.1, 0.15) is 0 Å². The predicted molar refractivity (Wildman–Crippen MR) is 103 cm³/mol. The number of nitrogens with zero attached hydrogens (tertiary/aromatic N) is 5. The average molecular weight is 403 g/mol. The number of aryl methyl sites for hydroxylation is 1. The minimum Gasteiger partial charge on any atom is -0.355 e. The molecule has 0 unspecified atom stereocenters. The topological polar surface area (TPSA) is 63.9 Å². The van der Waals surface area contributed by atoms with Crippen molar-refractivity contribution in [1.29, 1.82) is 0 Å². The third-order valence-electron chi connectivity index (χ3n) is 5.26. The minimum absolute atomic E-state index is 0.191. The number of rotatable bonds is 3. The predicted octanol–water partition coefficient (Wildman–Crippen LogP) is 3.43. The van der Waals surface area contributed by atoms with Gasteiger partial charge < -0.3 is 4.90 Å². The molecule has 1 aliphatic rings. The zero-order chi connectivity index (χ0) is 20.6. The fourth-order valence-corrected chi connectivity index (χ4v) is 3.70. The van der Waals surface area contributed by atoms with Crippen molar-refractivity contribution in [3.8, 4) is 0 Å². The van der Waals surface area contributed by atoms with Gasteiger partial charge in [-0.05, 0) is 37.8 Å². The Labute approximate surface area is 165 Å². The monoisotopic (exact) mass is 403 g/mol. The number of fused-ring (bicyclic) bond motifs is 1. The Balaban J connectivity index is 1.44. The lowest BCUT2D eigenvalue weighted by Crippen LogP contribution is -2.37. The molecule has 0 atom stereocenters. The molecule has 3 aromatic rings. The summed E-state index contributed by atoms with van der Waals surface area (Å²) in [6.07, 6.45) is -2.00. The van der Waals surface area contributed by atoms with Crippen LogP contribution in [0.25, 0.3) is 11.0 Å². The molecule has 0 N–H and O–H groups in total. The van der Waals surface area contributed by atoms with Crippen molar-refractivity contribution < 1.29 is 13.2 Å². The lowest BCUT2D eigenvalue weighted by Gasteiger charge is -2.33. The van der Waals surface area contributed by atoms with Gasteiger partial charge in [0.05, 0.1) is 23.1 Å². The summed E-state index contributed by atoms with van der Waals surface area (Å²) in [7, 11) is 0. The highest BCUT2D eigenvalue weighted by atomic mass is 19.4. The van der Waals surface area contributed by atoms with E-state index in [0.29, 0.717) is 12.6 Å². The number of anilines is 1. The van der Waals surface area contributed by atoms with E-state index in [1.165, 1.54) is 4.57 Å². The molecule has 0 saturated carbocycles. The van der Waals surface area contributed by atoms with Crippen molar-refractivity contribution in [2.75, 3.05) is 18.0 Å². The van der Waals surface area contributed by atoms with Gasteiger partial charge in [0.25, 0.3) is 5.56 Å². The zero-order valence-electron chi connectivity index (χ0n) is 15.9. The van der Waals surface area contributed by atoms with Gasteiger partial charge in [-0.25, -0.2) is 15.0 Å². The molecule has 0 amide bonds. The molecule has 1 aromatic carbocycles. The first-order valence-electron chi connectivity index (χ1n) is 9.43. The normalized spacial score (nSPS) is 15.8. The van der Waals surface area contributed by atoms with E-state index in [9.17, 15) is 18.0 Å². The maximum Gasteiger partial charge on any atom is 0.433 e. The molecule has 0 bridgehead atoms. The Morgan fingerprint density at radius 1 is 1.10 bits per heavy atom. The van der Waals surface area contributed by atoms with Crippen LogP contribution in [-0.2, 0) is 12.7 Å². The van der Waals surface area contributed by atoms with Crippen LogP contribution in [0.4, 0.5) is 19.0 Å². The van der Waals surface area contributed by atoms with Crippen molar-refractivity contribution in [2.45, 2.75) is 32.5 Å². The zero-order valence-corrected chi connectivity index (χ0v) is 15.9. The van der Waals surface area contributed by atoms with Gasteiger partial charge in [0.2, 0.25) is 0 Å². The van der Waals surface area contributed by atoms with Gasteiger partial charge in [-0.1, -0.05) is 12.1 Å². The van der Waals surface area contributed by atoms with Crippen molar-refractivity contribution in [3.05, 3.63) is 58.4 Å². The molecule has 0 radical (unpaired) electrons. The van der Waals surface area contributed by atoms with Crippen LogP contribution < -0.4 is 10.5 Å². The Morgan fingerprint density at radius 3 is 2.38 bits per heavy atom. The summed E-state index contributed by atoms with van der Waals surface area (Å²) in [6, 6.07) is 8.28. The summed E-state index contributed by atoms with van der Waals surface area (Å²) in [4.78, 5) is 27.0. The highest BCUT2D eigenvalue weighted by molar-refractivity contribution is 5.76. The summed E-state index contributed by atoms with van der Waals surface area (Å²) in [6.45, 7) is 3.80. The van der Waals surface area contributed by atoms with Gasteiger partial charge in [0, 0.05) is 25.7 Å². The summed E-state index contributed by atoms with van der Waals surface area (Å²) < 4.78 is 39.3. The molecule has 9 heteroatoms. The van der Waals surface area contributed by atoms with Gasteiger partial charge in [0.15, 0.2) is 11.5 Å². The number of alkyl halides is 3. The van der Waals surface area contributed by atoms with Crippen LogP contribution in [0.15, 0.2) is 41.5 Å². The van der Waals surface area contributed by atoms with E-state index in [4.69, 9.17) is 4.98 Å². The Morgan fingerprint density at radius 2 is 1.76 bits per heavy atom. The van der Waals surface area contributed by atoms with Gasteiger partial charge >= 0.3 is 6.18 Å². The number of piperidine rings is 1. The van der Waals surface area contributed by atoms with Crippen LogP contribution in [-0.4, -0.2) is 32.6 Å². The molecule has 29 heavy (non-hydrogen) atoms. The van der Waals surface area contributed by atoms with Gasteiger partial charge in [-0.2, -0.15) is 13.2 Å². The molecular formula is C20H20F3N5O. The molecule has 6 nitrogen and oxygen atoms in total. The minimum atomic E-state index is -4.61. The molecule has 1 fully saturated rings. The van der Waals surface area contributed by atoms with Crippen LogP contribution in [0.2, 0.25) is 0 Å². The van der Waals surface area contributed by atoms with Crippen molar-refractivity contribution >= 4 is 16.9 Å². The quantitative estimate of drug-likeness (QED) is 0.671. The van der Waals surface area contributed by atoms with E-state index in [0.717, 1.165) is 54.8 Å². The molecular weight excluding hydrogens is 383 g/mol. The molecule has 0 aliphatic carbocycles. The summed E-state index contributed by atoms with van der Waals surface area (Å²) in [5, 5.41) is 0. The lowest BCUT2D eigenvalue weighted by atomic mass is 9.96. The number of para-hydroxylation sites is 2. The van der Waals surface area contributed by atoms with E-state index in [1.807, 2.05) is 31.2 Å². The maximum atomic E-state index is 12.7. The summed E-state index contributed by atoms with van der Waals surface area (Å²) in [5.74, 6) is 1.05. The second-order valence-electron chi connectivity index (χ2n) is 7.31.